The number of carbonyl (C=O) groups is 1. The van der Waals surface area contributed by atoms with E-state index in [1.807, 2.05) is 20.8 Å². The van der Waals surface area contributed by atoms with E-state index in [9.17, 15) is 4.79 Å². The van der Waals surface area contributed by atoms with Crippen LogP contribution in [0, 0.1) is 0 Å². The molecular weight excluding hydrogens is 254 g/mol. The van der Waals surface area contributed by atoms with E-state index in [0.717, 1.165) is 19.8 Å². The third kappa shape index (κ3) is 4.17. The van der Waals surface area contributed by atoms with Crippen LogP contribution in [0.3, 0.4) is 0 Å². The summed E-state index contributed by atoms with van der Waals surface area (Å²) in [5, 5.41) is 3.32. The largest absolute Gasteiger partial charge is 0.378 e. The molecule has 0 spiro atoms. The zero-order valence-corrected chi connectivity index (χ0v) is 13.8. The van der Waals surface area contributed by atoms with E-state index in [-0.39, 0.29) is 23.5 Å². The van der Waals surface area contributed by atoms with Gasteiger partial charge < -0.3 is 15.8 Å². The summed E-state index contributed by atoms with van der Waals surface area (Å²) in [5.74, 6) is -0.288. The van der Waals surface area contributed by atoms with E-state index in [4.69, 9.17) is 10.5 Å². The Balaban J connectivity index is 2.80. The van der Waals surface area contributed by atoms with E-state index in [0.29, 0.717) is 6.42 Å². The molecule has 1 heterocycles. The molecule has 5 heteroatoms. The summed E-state index contributed by atoms with van der Waals surface area (Å²) in [6.45, 7) is 14.9. The molecule has 0 aromatic heterocycles. The molecular formula is C15H31N3O2. The lowest BCUT2D eigenvalue weighted by Gasteiger charge is -2.47. The maximum absolute atomic E-state index is 11.9. The van der Waals surface area contributed by atoms with Crippen LogP contribution in [-0.2, 0) is 9.53 Å². The molecule has 2 unspecified atom stereocenters. The number of ether oxygens (including phenoxy) is 1. The number of carbonyl (C=O) groups excluding carboxylic acids is 1. The smallest absolute Gasteiger partial charge is 0.237 e. The molecule has 0 aromatic rings. The lowest BCUT2D eigenvalue weighted by molar-refractivity contribution is -0.126. The maximum atomic E-state index is 11.9. The first-order valence-corrected chi connectivity index (χ1v) is 7.50. The molecule has 5 nitrogen and oxygen atoms in total. The quantitative estimate of drug-likeness (QED) is 0.767. The molecule has 1 aliphatic heterocycles. The summed E-state index contributed by atoms with van der Waals surface area (Å²) in [7, 11) is 0. The van der Waals surface area contributed by atoms with Crippen molar-refractivity contribution in [1.82, 2.24) is 10.2 Å². The number of primary amides is 1. The summed E-state index contributed by atoms with van der Waals surface area (Å²) in [4.78, 5) is 14.3. The van der Waals surface area contributed by atoms with E-state index < -0.39 is 5.54 Å². The fraction of sp³-hybridized carbons (Fsp3) is 0.933. The molecule has 1 rings (SSSR count). The SMILES string of the molecule is CC(C)NC(C)(CC(C)N1CCOCC1(C)C)C(N)=O. The normalized spacial score (nSPS) is 24.4. The molecule has 0 radical (unpaired) electrons. The first-order valence-electron chi connectivity index (χ1n) is 7.50. The van der Waals surface area contributed by atoms with Gasteiger partial charge in [0.2, 0.25) is 5.91 Å². The van der Waals surface area contributed by atoms with E-state index in [1.165, 1.54) is 0 Å². The molecule has 3 N–H and O–H groups in total. The predicted molar refractivity (Wildman–Crippen MR) is 81.6 cm³/mol. The summed E-state index contributed by atoms with van der Waals surface area (Å²) < 4.78 is 5.56. The van der Waals surface area contributed by atoms with Gasteiger partial charge >= 0.3 is 0 Å². The zero-order chi connectivity index (χ0) is 15.6. The molecule has 1 saturated heterocycles. The number of rotatable bonds is 6. The van der Waals surface area contributed by atoms with Gasteiger partial charge in [0.1, 0.15) is 0 Å². The lowest BCUT2D eigenvalue weighted by Crippen LogP contribution is -2.62. The fourth-order valence-electron chi connectivity index (χ4n) is 3.26. The van der Waals surface area contributed by atoms with Crippen molar-refractivity contribution in [3.05, 3.63) is 0 Å². The Morgan fingerprint density at radius 3 is 2.50 bits per heavy atom. The van der Waals surface area contributed by atoms with E-state index >= 15 is 0 Å². The summed E-state index contributed by atoms with van der Waals surface area (Å²) in [6.07, 6.45) is 0.698. The Hall–Kier alpha value is -0.650. The van der Waals surface area contributed by atoms with Gasteiger partial charge in [0.25, 0.3) is 0 Å². The zero-order valence-electron chi connectivity index (χ0n) is 13.8. The number of nitrogens with zero attached hydrogens (tertiary/aromatic N) is 1. The van der Waals surface area contributed by atoms with Crippen molar-refractivity contribution in [2.24, 2.45) is 5.73 Å². The Morgan fingerprint density at radius 1 is 1.45 bits per heavy atom. The molecule has 0 aliphatic carbocycles. The van der Waals surface area contributed by atoms with Crippen molar-refractivity contribution >= 4 is 5.91 Å². The molecule has 0 saturated carbocycles. The van der Waals surface area contributed by atoms with Crippen LogP contribution >= 0.6 is 0 Å². The first-order chi connectivity index (χ1) is 9.08. The van der Waals surface area contributed by atoms with Crippen LogP contribution in [0.5, 0.6) is 0 Å². The van der Waals surface area contributed by atoms with Gasteiger partial charge in [-0.1, -0.05) is 0 Å². The van der Waals surface area contributed by atoms with Crippen molar-refractivity contribution in [1.29, 1.82) is 0 Å². The van der Waals surface area contributed by atoms with Crippen molar-refractivity contribution in [2.45, 2.75) is 71.1 Å². The second kappa shape index (κ2) is 6.41. The van der Waals surface area contributed by atoms with Gasteiger partial charge in [0.05, 0.1) is 18.8 Å². The van der Waals surface area contributed by atoms with Crippen molar-refractivity contribution in [2.75, 3.05) is 19.8 Å². The Morgan fingerprint density at radius 2 is 2.05 bits per heavy atom. The minimum absolute atomic E-state index is 0.00590. The fourth-order valence-corrected chi connectivity index (χ4v) is 3.26. The standard InChI is InChI=1S/C15H31N3O2/c1-11(2)17-15(6,13(16)19)9-12(3)18-7-8-20-10-14(18,4)5/h11-12,17H,7-10H2,1-6H3,(H2,16,19). The second-order valence-electron chi connectivity index (χ2n) is 7.11. The van der Waals surface area contributed by atoms with Crippen LogP contribution in [0.25, 0.3) is 0 Å². The minimum Gasteiger partial charge on any atom is -0.378 e. The summed E-state index contributed by atoms with van der Waals surface area (Å²) >= 11 is 0. The van der Waals surface area contributed by atoms with Gasteiger partial charge in [-0.05, 0) is 48.0 Å². The third-order valence-corrected chi connectivity index (χ3v) is 4.10. The first kappa shape index (κ1) is 17.4. The number of hydrogen-bond acceptors (Lipinski definition) is 4. The monoisotopic (exact) mass is 285 g/mol. The summed E-state index contributed by atoms with van der Waals surface area (Å²) in [6, 6.07) is 0.482. The molecule has 1 aliphatic rings. The predicted octanol–water partition coefficient (Wildman–Crippen LogP) is 1.12. The lowest BCUT2D eigenvalue weighted by atomic mass is 9.88. The molecule has 1 amide bonds. The van der Waals surface area contributed by atoms with Crippen molar-refractivity contribution in [3.8, 4) is 0 Å². The molecule has 2 atom stereocenters. The number of nitrogens with one attached hydrogen (secondary N) is 1. The van der Waals surface area contributed by atoms with Gasteiger partial charge in [0, 0.05) is 24.2 Å². The number of morpholine rings is 1. The number of amides is 1. The highest BCUT2D eigenvalue weighted by molar-refractivity contribution is 5.84. The molecule has 118 valence electrons. The Bertz CT molecular complexity index is 344. The summed E-state index contributed by atoms with van der Waals surface area (Å²) in [5.41, 5.74) is 4.94. The highest BCUT2D eigenvalue weighted by Crippen LogP contribution is 2.26. The Labute approximate surface area is 123 Å². The average Bonchev–Trinajstić information content (AvgIpc) is 2.26. The van der Waals surface area contributed by atoms with Crippen LogP contribution in [0.1, 0.15) is 48.0 Å². The topological polar surface area (TPSA) is 67.6 Å². The van der Waals surface area contributed by atoms with Gasteiger partial charge in [-0.3, -0.25) is 9.69 Å². The molecule has 1 fully saturated rings. The molecule has 0 bridgehead atoms. The molecule has 0 aromatic carbocycles. The van der Waals surface area contributed by atoms with Gasteiger partial charge in [-0.25, -0.2) is 0 Å². The van der Waals surface area contributed by atoms with Gasteiger partial charge in [-0.15, -0.1) is 0 Å². The minimum atomic E-state index is -0.679. The third-order valence-electron chi connectivity index (χ3n) is 4.10. The van der Waals surface area contributed by atoms with Crippen molar-refractivity contribution < 1.29 is 9.53 Å². The van der Waals surface area contributed by atoms with Crippen LogP contribution in [0.2, 0.25) is 0 Å². The number of nitrogens with two attached hydrogens (primary N) is 1. The van der Waals surface area contributed by atoms with Crippen LogP contribution in [0.15, 0.2) is 0 Å². The van der Waals surface area contributed by atoms with Crippen LogP contribution in [-0.4, -0.2) is 53.7 Å². The van der Waals surface area contributed by atoms with E-state index in [1.54, 1.807) is 0 Å². The average molecular weight is 285 g/mol. The van der Waals surface area contributed by atoms with Crippen LogP contribution < -0.4 is 11.1 Å². The highest BCUT2D eigenvalue weighted by atomic mass is 16.5. The highest BCUT2D eigenvalue weighted by Gasteiger charge is 2.39. The van der Waals surface area contributed by atoms with Gasteiger partial charge in [0.15, 0.2) is 0 Å². The second-order valence-corrected chi connectivity index (χ2v) is 7.11. The molecule has 20 heavy (non-hydrogen) atoms. The van der Waals surface area contributed by atoms with Gasteiger partial charge in [-0.2, -0.15) is 0 Å². The van der Waals surface area contributed by atoms with E-state index in [2.05, 4.69) is 31.0 Å². The van der Waals surface area contributed by atoms with Crippen molar-refractivity contribution in [3.63, 3.8) is 0 Å². The maximum Gasteiger partial charge on any atom is 0.237 e. The van der Waals surface area contributed by atoms with Crippen LogP contribution in [0.4, 0.5) is 0 Å². The Kier molecular flexibility index (Phi) is 5.58. The number of hydrogen-bond donors (Lipinski definition) is 2.